The van der Waals surface area contributed by atoms with Gasteiger partial charge in [0.05, 0.1) is 0 Å². The second-order valence-corrected chi connectivity index (χ2v) is 5.59. The van der Waals surface area contributed by atoms with E-state index in [2.05, 4.69) is 27.5 Å². The lowest BCUT2D eigenvalue weighted by Gasteiger charge is -2.25. The smallest absolute Gasteiger partial charge is 0.131 e. The molecule has 1 aromatic rings. The number of anilines is 2. The first-order valence-electron chi connectivity index (χ1n) is 7.21. The molecule has 0 aliphatic heterocycles. The number of nitrogens with two attached hydrogens (primary N) is 1. The molecule has 5 heteroatoms. The molecule has 5 nitrogen and oxygen atoms in total. The van der Waals surface area contributed by atoms with E-state index >= 15 is 0 Å². The minimum Gasteiger partial charge on any atom is -0.370 e. The number of rotatable bonds is 7. The summed E-state index contributed by atoms with van der Waals surface area (Å²) in [5.74, 6) is 3.86. The molecule has 0 aromatic carbocycles. The van der Waals surface area contributed by atoms with Crippen LogP contribution in [0.25, 0.3) is 0 Å². The van der Waals surface area contributed by atoms with Gasteiger partial charge in [0.25, 0.3) is 0 Å². The van der Waals surface area contributed by atoms with Crippen molar-refractivity contribution in [3.05, 3.63) is 11.9 Å². The normalized spacial score (nSPS) is 16.8. The van der Waals surface area contributed by atoms with Crippen LogP contribution in [-0.2, 0) is 0 Å². The van der Waals surface area contributed by atoms with Crippen molar-refractivity contribution in [1.29, 1.82) is 0 Å². The van der Waals surface area contributed by atoms with Crippen molar-refractivity contribution in [2.45, 2.75) is 33.1 Å². The van der Waals surface area contributed by atoms with Gasteiger partial charge in [0.2, 0.25) is 0 Å². The van der Waals surface area contributed by atoms with Crippen LogP contribution in [0.5, 0.6) is 0 Å². The first-order valence-corrected chi connectivity index (χ1v) is 7.21. The summed E-state index contributed by atoms with van der Waals surface area (Å²) < 4.78 is 0. The van der Waals surface area contributed by atoms with Gasteiger partial charge in [-0.2, -0.15) is 0 Å². The third kappa shape index (κ3) is 4.35. The number of nitrogens with one attached hydrogen (secondary N) is 2. The highest BCUT2D eigenvalue weighted by molar-refractivity contribution is 5.47. The summed E-state index contributed by atoms with van der Waals surface area (Å²) in [6.07, 6.45) is 4.06. The molecule has 1 saturated carbocycles. The zero-order valence-corrected chi connectivity index (χ0v) is 11.9. The third-order valence-corrected chi connectivity index (χ3v) is 3.67. The third-order valence-electron chi connectivity index (χ3n) is 3.67. The summed E-state index contributed by atoms with van der Waals surface area (Å²) in [5, 5.41) is 6.73. The Morgan fingerprint density at radius 3 is 2.58 bits per heavy atom. The van der Waals surface area contributed by atoms with Crippen molar-refractivity contribution in [1.82, 2.24) is 9.97 Å². The Labute approximate surface area is 115 Å². The van der Waals surface area contributed by atoms with E-state index in [1.165, 1.54) is 19.3 Å². The van der Waals surface area contributed by atoms with E-state index < -0.39 is 0 Å². The predicted octanol–water partition coefficient (Wildman–Crippen LogP) is 2.00. The SMILES string of the molecule is Cc1nc(NCC(C)CN)cc(NCC2CCC2)n1. The molecule has 1 aromatic heterocycles. The highest BCUT2D eigenvalue weighted by Crippen LogP contribution is 2.26. The molecular formula is C14H25N5. The van der Waals surface area contributed by atoms with Gasteiger partial charge in [-0.1, -0.05) is 13.3 Å². The lowest BCUT2D eigenvalue weighted by Crippen LogP contribution is -2.22. The second kappa shape index (κ2) is 6.70. The standard InChI is InChI=1S/C14H25N5/c1-10(7-15)8-16-13-6-14(19-11(2)18-13)17-9-12-4-3-5-12/h6,10,12H,3-5,7-9,15H2,1-2H3,(H2,16,17,18,19). The van der Waals surface area contributed by atoms with Crippen LogP contribution in [0.3, 0.4) is 0 Å². The van der Waals surface area contributed by atoms with E-state index in [0.717, 1.165) is 36.5 Å². The average molecular weight is 263 g/mol. The first kappa shape index (κ1) is 14.1. The molecule has 0 amide bonds. The molecule has 0 bridgehead atoms. The van der Waals surface area contributed by atoms with Crippen LogP contribution in [0.15, 0.2) is 6.07 Å². The molecule has 1 aliphatic carbocycles. The zero-order valence-electron chi connectivity index (χ0n) is 11.9. The maximum Gasteiger partial charge on any atom is 0.131 e. The molecule has 2 rings (SSSR count). The van der Waals surface area contributed by atoms with Crippen molar-refractivity contribution in [2.24, 2.45) is 17.6 Å². The van der Waals surface area contributed by atoms with E-state index in [1.807, 2.05) is 13.0 Å². The Balaban J connectivity index is 1.89. The zero-order chi connectivity index (χ0) is 13.7. The van der Waals surface area contributed by atoms with Gasteiger partial charge >= 0.3 is 0 Å². The van der Waals surface area contributed by atoms with Crippen molar-refractivity contribution in [3.8, 4) is 0 Å². The van der Waals surface area contributed by atoms with Gasteiger partial charge in [-0.3, -0.25) is 0 Å². The Morgan fingerprint density at radius 2 is 2.00 bits per heavy atom. The van der Waals surface area contributed by atoms with E-state index in [9.17, 15) is 0 Å². The van der Waals surface area contributed by atoms with Gasteiger partial charge in [-0.25, -0.2) is 9.97 Å². The quantitative estimate of drug-likeness (QED) is 0.701. The van der Waals surface area contributed by atoms with E-state index in [-0.39, 0.29) is 0 Å². The van der Waals surface area contributed by atoms with Gasteiger partial charge in [0, 0.05) is 19.2 Å². The number of aryl methyl sites for hydroxylation is 1. The Hall–Kier alpha value is -1.36. The molecule has 4 N–H and O–H groups in total. The summed E-state index contributed by atoms with van der Waals surface area (Å²) in [6.45, 7) is 6.59. The lowest BCUT2D eigenvalue weighted by molar-refractivity contribution is 0.333. The maximum atomic E-state index is 5.61. The van der Waals surface area contributed by atoms with Crippen LogP contribution in [0.2, 0.25) is 0 Å². The Bertz CT molecular complexity index is 376. The van der Waals surface area contributed by atoms with Crippen LogP contribution in [0, 0.1) is 18.8 Å². The number of hydrogen-bond acceptors (Lipinski definition) is 5. The topological polar surface area (TPSA) is 75.9 Å². The molecule has 1 unspecified atom stereocenters. The van der Waals surface area contributed by atoms with Gasteiger partial charge in [0.15, 0.2) is 0 Å². The fourth-order valence-corrected chi connectivity index (χ4v) is 2.06. The number of hydrogen-bond donors (Lipinski definition) is 3. The van der Waals surface area contributed by atoms with Crippen LogP contribution in [0.4, 0.5) is 11.6 Å². The monoisotopic (exact) mass is 263 g/mol. The molecular weight excluding hydrogens is 238 g/mol. The van der Waals surface area contributed by atoms with Crippen molar-refractivity contribution >= 4 is 11.6 Å². The molecule has 0 radical (unpaired) electrons. The number of nitrogens with zero attached hydrogens (tertiary/aromatic N) is 2. The summed E-state index contributed by atoms with van der Waals surface area (Å²) in [6, 6.07) is 1.98. The molecule has 1 aliphatic rings. The van der Waals surface area contributed by atoms with Crippen LogP contribution in [-0.4, -0.2) is 29.6 Å². The minimum atomic E-state index is 0.446. The Kier molecular flexibility index (Phi) is 4.96. The molecule has 19 heavy (non-hydrogen) atoms. The largest absolute Gasteiger partial charge is 0.370 e. The van der Waals surface area contributed by atoms with Crippen LogP contribution in [0.1, 0.15) is 32.0 Å². The lowest BCUT2D eigenvalue weighted by atomic mass is 9.85. The van der Waals surface area contributed by atoms with Crippen LogP contribution >= 0.6 is 0 Å². The predicted molar refractivity (Wildman–Crippen MR) is 79.3 cm³/mol. The van der Waals surface area contributed by atoms with E-state index in [1.54, 1.807) is 0 Å². The van der Waals surface area contributed by atoms with Crippen LogP contribution < -0.4 is 16.4 Å². The second-order valence-electron chi connectivity index (χ2n) is 5.59. The van der Waals surface area contributed by atoms with Crippen molar-refractivity contribution in [2.75, 3.05) is 30.3 Å². The minimum absolute atomic E-state index is 0.446. The fraction of sp³-hybridized carbons (Fsp3) is 0.714. The highest BCUT2D eigenvalue weighted by Gasteiger charge is 2.17. The number of aromatic nitrogens is 2. The summed E-state index contributed by atoms with van der Waals surface area (Å²) in [4.78, 5) is 8.82. The fourth-order valence-electron chi connectivity index (χ4n) is 2.06. The summed E-state index contributed by atoms with van der Waals surface area (Å²) >= 11 is 0. The molecule has 0 saturated heterocycles. The molecule has 106 valence electrons. The van der Waals surface area contributed by atoms with Crippen molar-refractivity contribution in [3.63, 3.8) is 0 Å². The highest BCUT2D eigenvalue weighted by atomic mass is 15.1. The van der Waals surface area contributed by atoms with Crippen molar-refractivity contribution < 1.29 is 0 Å². The maximum absolute atomic E-state index is 5.61. The van der Waals surface area contributed by atoms with Gasteiger partial charge in [0.1, 0.15) is 17.5 Å². The van der Waals surface area contributed by atoms with Gasteiger partial charge < -0.3 is 16.4 Å². The van der Waals surface area contributed by atoms with Gasteiger partial charge in [-0.05, 0) is 38.1 Å². The molecule has 1 fully saturated rings. The Morgan fingerprint density at radius 1 is 1.32 bits per heavy atom. The molecule has 1 heterocycles. The van der Waals surface area contributed by atoms with E-state index in [4.69, 9.17) is 5.73 Å². The molecule has 0 spiro atoms. The average Bonchev–Trinajstić information content (AvgIpc) is 2.33. The summed E-state index contributed by atoms with van der Waals surface area (Å²) in [5.41, 5.74) is 5.61. The first-order chi connectivity index (χ1) is 9.17. The van der Waals surface area contributed by atoms with Gasteiger partial charge in [-0.15, -0.1) is 0 Å². The van der Waals surface area contributed by atoms with E-state index in [0.29, 0.717) is 12.5 Å². The summed E-state index contributed by atoms with van der Waals surface area (Å²) in [7, 11) is 0. The molecule has 1 atom stereocenters.